The largest absolute Gasteiger partial charge is 0.396 e. The summed E-state index contributed by atoms with van der Waals surface area (Å²) in [5, 5.41) is 18.9. The van der Waals surface area contributed by atoms with Crippen LogP contribution in [0.15, 0.2) is 12.2 Å². The molecule has 0 aromatic rings. The first-order chi connectivity index (χ1) is 7.03. The molecule has 15 heavy (non-hydrogen) atoms. The van der Waals surface area contributed by atoms with Crippen LogP contribution in [0.1, 0.15) is 13.8 Å². The predicted octanol–water partition coefficient (Wildman–Crippen LogP) is 0.293. The maximum Gasteiger partial charge on any atom is 0.163 e. The van der Waals surface area contributed by atoms with Crippen LogP contribution >= 0.6 is 0 Å². The third-order valence-corrected chi connectivity index (χ3v) is 3.16. The quantitative estimate of drug-likeness (QED) is 0.616. The summed E-state index contributed by atoms with van der Waals surface area (Å²) in [5.74, 6) is -0.715. The van der Waals surface area contributed by atoms with Gasteiger partial charge in [-0.3, -0.25) is 0 Å². The van der Waals surface area contributed by atoms with Crippen molar-refractivity contribution in [3.63, 3.8) is 0 Å². The highest BCUT2D eigenvalue weighted by Gasteiger charge is 2.42. The van der Waals surface area contributed by atoms with Crippen molar-refractivity contribution in [1.29, 1.82) is 0 Å². The number of hydrogen-bond acceptors (Lipinski definition) is 4. The van der Waals surface area contributed by atoms with E-state index in [4.69, 9.17) is 9.47 Å². The van der Waals surface area contributed by atoms with Crippen LogP contribution in [-0.4, -0.2) is 41.4 Å². The zero-order valence-corrected chi connectivity index (χ0v) is 9.09. The second-order valence-electron chi connectivity index (χ2n) is 4.68. The Balaban J connectivity index is 2.15. The van der Waals surface area contributed by atoms with E-state index in [1.54, 1.807) is 6.08 Å². The fourth-order valence-corrected chi connectivity index (χ4v) is 2.25. The summed E-state index contributed by atoms with van der Waals surface area (Å²) in [6, 6.07) is 0. The van der Waals surface area contributed by atoms with E-state index < -0.39 is 11.9 Å². The molecular weight excluding hydrogens is 196 g/mol. The molecule has 4 heteroatoms. The molecule has 1 heterocycles. The summed E-state index contributed by atoms with van der Waals surface area (Å²) in [6.45, 7) is 4.22. The van der Waals surface area contributed by atoms with Gasteiger partial charge in [0.2, 0.25) is 0 Å². The standard InChI is InChI=1S/C11H18O4/c1-11(2)14-6-8-7(5-12)9(13)3-4-10(8)15-11/h3-4,7-10,12-13H,5-6H2,1-2H3/t7-,8-,9-,10+/m1/s1. The molecule has 0 bridgehead atoms. The normalized spacial score (nSPS) is 43.7. The van der Waals surface area contributed by atoms with Crippen molar-refractivity contribution < 1.29 is 19.7 Å². The summed E-state index contributed by atoms with van der Waals surface area (Å²) in [6.07, 6.45) is 2.91. The maximum atomic E-state index is 9.68. The van der Waals surface area contributed by atoms with Gasteiger partial charge >= 0.3 is 0 Å². The van der Waals surface area contributed by atoms with Gasteiger partial charge in [-0.25, -0.2) is 0 Å². The highest BCUT2D eigenvalue weighted by Crippen LogP contribution is 2.35. The van der Waals surface area contributed by atoms with Gasteiger partial charge in [0.1, 0.15) is 0 Å². The second-order valence-corrected chi connectivity index (χ2v) is 4.68. The highest BCUT2D eigenvalue weighted by atomic mass is 16.7. The first kappa shape index (κ1) is 11.1. The van der Waals surface area contributed by atoms with E-state index in [1.807, 2.05) is 19.9 Å². The molecule has 4 nitrogen and oxygen atoms in total. The molecule has 4 atom stereocenters. The van der Waals surface area contributed by atoms with Crippen molar-refractivity contribution in [2.24, 2.45) is 11.8 Å². The molecule has 0 aromatic heterocycles. The molecule has 86 valence electrons. The van der Waals surface area contributed by atoms with Gasteiger partial charge in [0.15, 0.2) is 5.79 Å². The van der Waals surface area contributed by atoms with E-state index in [2.05, 4.69) is 0 Å². The molecule has 0 saturated carbocycles. The van der Waals surface area contributed by atoms with E-state index >= 15 is 0 Å². The predicted molar refractivity (Wildman–Crippen MR) is 54.1 cm³/mol. The lowest BCUT2D eigenvalue weighted by molar-refractivity contribution is -0.294. The molecule has 2 aliphatic rings. The maximum absolute atomic E-state index is 9.68. The molecule has 0 spiro atoms. The Morgan fingerprint density at radius 1 is 1.40 bits per heavy atom. The molecule has 1 saturated heterocycles. The van der Waals surface area contributed by atoms with Gasteiger partial charge in [0.25, 0.3) is 0 Å². The summed E-state index contributed by atoms with van der Waals surface area (Å²) in [7, 11) is 0. The lowest BCUT2D eigenvalue weighted by Gasteiger charge is -2.45. The van der Waals surface area contributed by atoms with E-state index in [9.17, 15) is 10.2 Å². The highest BCUT2D eigenvalue weighted by molar-refractivity contribution is 5.08. The average molecular weight is 214 g/mol. The van der Waals surface area contributed by atoms with E-state index in [1.165, 1.54) is 0 Å². The van der Waals surface area contributed by atoms with Gasteiger partial charge in [-0.05, 0) is 13.8 Å². The molecular formula is C11H18O4. The van der Waals surface area contributed by atoms with Crippen molar-refractivity contribution in [2.45, 2.75) is 31.8 Å². The molecule has 1 aliphatic carbocycles. The SMILES string of the molecule is CC1(C)OC[C@@H]2[C@@H](CO)[C@H](O)C=C[C@@H]2O1. The Morgan fingerprint density at radius 2 is 2.13 bits per heavy atom. The first-order valence-electron chi connectivity index (χ1n) is 5.32. The number of aliphatic hydroxyl groups is 2. The van der Waals surface area contributed by atoms with Crippen molar-refractivity contribution in [3.8, 4) is 0 Å². The Labute approximate surface area is 89.5 Å². The molecule has 0 amide bonds. The Hall–Kier alpha value is -0.420. The van der Waals surface area contributed by atoms with Crippen LogP contribution in [0.2, 0.25) is 0 Å². The Morgan fingerprint density at radius 3 is 2.80 bits per heavy atom. The second kappa shape index (κ2) is 3.87. The third-order valence-electron chi connectivity index (χ3n) is 3.16. The fourth-order valence-electron chi connectivity index (χ4n) is 2.25. The van der Waals surface area contributed by atoms with Gasteiger partial charge in [-0.1, -0.05) is 12.2 Å². The van der Waals surface area contributed by atoms with E-state index in [0.29, 0.717) is 6.61 Å². The lowest BCUT2D eigenvalue weighted by atomic mass is 9.79. The summed E-state index contributed by atoms with van der Waals surface area (Å²) in [5.41, 5.74) is 0. The van der Waals surface area contributed by atoms with Crippen molar-refractivity contribution in [3.05, 3.63) is 12.2 Å². The summed E-state index contributed by atoms with van der Waals surface area (Å²) >= 11 is 0. The molecule has 0 radical (unpaired) electrons. The number of aliphatic hydroxyl groups excluding tert-OH is 2. The number of fused-ring (bicyclic) bond motifs is 1. The topological polar surface area (TPSA) is 58.9 Å². The zero-order valence-electron chi connectivity index (χ0n) is 9.09. The minimum Gasteiger partial charge on any atom is -0.396 e. The van der Waals surface area contributed by atoms with Crippen LogP contribution < -0.4 is 0 Å². The van der Waals surface area contributed by atoms with Crippen LogP contribution in [0.4, 0.5) is 0 Å². The van der Waals surface area contributed by atoms with E-state index in [0.717, 1.165) is 0 Å². The molecule has 1 fully saturated rings. The number of rotatable bonds is 1. The van der Waals surface area contributed by atoms with Gasteiger partial charge in [0.05, 0.1) is 18.8 Å². The first-order valence-corrected chi connectivity index (χ1v) is 5.32. The van der Waals surface area contributed by atoms with E-state index in [-0.39, 0.29) is 24.5 Å². The van der Waals surface area contributed by atoms with Gasteiger partial charge in [-0.2, -0.15) is 0 Å². The van der Waals surface area contributed by atoms with Gasteiger partial charge in [0, 0.05) is 18.4 Å². The number of ether oxygens (including phenoxy) is 2. The Bertz CT molecular complexity index is 261. The molecule has 0 unspecified atom stereocenters. The van der Waals surface area contributed by atoms with Crippen LogP contribution in [0.5, 0.6) is 0 Å². The van der Waals surface area contributed by atoms with Crippen LogP contribution in [0.3, 0.4) is 0 Å². The lowest BCUT2D eigenvalue weighted by Crippen LogP contribution is -2.51. The smallest absolute Gasteiger partial charge is 0.163 e. The summed E-state index contributed by atoms with van der Waals surface area (Å²) < 4.78 is 11.3. The molecule has 2 rings (SSSR count). The van der Waals surface area contributed by atoms with Gasteiger partial charge < -0.3 is 19.7 Å². The van der Waals surface area contributed by atoms with Gasteiger partial charge in [-0.15, -0.1) is 0 Å². The zero-order chi connectivity index (χ0) is 11.1. The summed E-state index contributed by atoms with van der Waals surface area (Å²) in [4.78, 5) is 0. The van der Waals surface area contributed by atoms with Crippen LogP contribution in [0.25, 0.3) is 0 Å². The molecule has 2 N–H and O–H groups in total. The van der Waals surface area contributed by atoms with Crippen molar-refractivity contribution in [2.75, 3.05) is 13.2 Å². The minimum atomic E-state index is -0.593. The third kappa shape index (κ3) is 2.08. The van der Waals surface area contributed by atoms with Crippen LogP contribution in [0, 0.1) is 11.8 Å². The average Bonchev–Trinajstić information content (AvgIpc) is 2.17. The monoisotopic (exact) mass is 214 g/mol. The van der Waals surface area contributed by atoms with Crippen molar-refractivity contribution in [1.82, 2.24) is 0 Å². The minimum absolute atomic E-state index is 0.0418. The van der Waals surface area contributed by atoms with Crippen molar-refractivity contribution >= 4 is 0 Å². The fraction of sp³-hybridized carbons (Fsp3) is 0.818. The molecule has 1 aliphatic heterocycles. The number of hydrogen-bond donors (Lipinski definition) is 2. The Kier molecular flexibility index (Phi) is 2.85. The van der Waals surface area contributed by atoms with Crippen LogP contribution in [-0.2, 0) is 9.47 Å². The molecule has 0 aromatic carbocycles.